The first-order chi connectivity index (χ1) is 14.0. The number of aryl methyl sites for hydroxylation is 2. The van der Waals surface area contributed by atoms with E-state index < -0.39 is 0 Å². The SMILES string of the molecule is Cc1ccc(-n2nc3cc(C)c(NC(=O)COc4ccc(Cl)cc4)cc3n2)cc1. The van der Waals surface area contributed by atoms with Gasteiger partial charge in [-0.1, -0.05) is 29.3 Å². The highest BCUT2D eigenvalue weighted by Gasteiger charge is 2.11. The van der Waals surface area contributed by atoms with Crippen LogP contribution in [0.1, 0.15) is 11.1 Å². The van der Waals surface area contributed by atoms with E-state index in [9.17, 15) is 4.79 Å². The summed E-state index contributed by atoms with van der Waals surface area (Å²) < 4.78 is 5.49. The Morgan fingerprint density at radius 1 is 1.00 bits per heavy atom. The van der Waals surface area contributed by atoms with Crippen LogP contribution in [0.5, 0.6) is 5.75 Å². The van der Waals surface area contributed by atoms with Gasteiger partial charge in [-0.15, -0.1) is 10.2 Å². The zero-order chi connectivity index (χ0) is 20.4. The number of rotatable bonds is 5. The van der Waals surface area contributed by atoms with E-state index in [-0.39, 0.29) is 12.5 Å². The van der Waals surface area contributed by atoms with Crippen molar-refractivity contribution < 1.29 is 9.53 Å². The average molecular weight is 407 g/mol. The van der Waals surface area contributed by atoms with Crippen molar-refractivity contribution >= 4 is 34.2 Å². The Bertz CT molecular complexity index is 1170. The summed E-state index contributed by atoms with van der Waals surface area (Å²) in [5, 5.41) is 12.6. The number of carbonyl (C=O) groups is 1. The zero-order valence-corrected chi connectivity index (χ0v) is 16.8. The molecule has 1 aromatic heterocycles. The lowest BCUT2D eigenvalue weighted by atomic mass is 10.1. The molecule has 0 aliphatic heterocycles. The van der Waals surface area contributed by atoms with Crippen LogP contribution >= 0.6 is 11.6 Å². The summed E-state index contributed by atoms with van der Waals surface area (Å²) in [6.07, 6.45) is 0. The summed E-state index contributed by atoms with van der Waals surface area (Å²) in [4.78, 5) is 13.9. The van der Waals surface area contributed by atoms with Crippen molar-refractivity contribution in [1.82, 2.24) is 15.0 Å². The van der Waals surface area contributed by atoms with Gasteiger partial charge < -0.3 is 10.1 Å². The molecule has 0 aliphatic rings. The largest absolute Gasteiger partial charge is 0.484 e. The Labute approximate surface area is 173 Å². The van der Waals surface area contributed by atoms with Crippen molar-refractivity contribution in [2.24, 2.45) is 0 Å². The summed E-state index contributed by atoms with van der Waals surface area (Å²) in [5.74, 6) is 0.325. The zero-order valence-electron chi connectivity index (χ0n) is 16.0. The summed E-state index contributed by atoms with van der Waals surface area (Å²) >= 11 is 5.85. The lowest BCUT2D eigenvalue weighted by molar-refractivity contribution is -0.118. The Balaban J connectivity index is 1.49. The minimum atomic E-state index is -0.256. The van der Waals surface area contributed by atoms with E-state index >= 15 is 0 Å². The van der Waals surface area contributed by atoms with Crippen molar-refractivity contribution in [2.75, 3.05) is 11.9 Å². The molecular formula is C22H19ClN4O2. The van der Waals surface area contributed by atoms with Gasteiger partial charge in [-0.25, -0.2) is 0 Å². The van der Waals surface area contributed by atoms with E-state index in [1.807, 2.05) is 50.2 Å². The molecule has 1 N–H and O–H groups in total. The number of halogens is 1. The minimum absolute atomic E-state index is 0.102. The van der Waals surface area contributed by atoms with Crippen LogP contribution in [-0.2, 0) is 4.79 Å². The minimum Gasteiger partial charge on any atom is -0.484 e. The molecule has 3 aromatic carbocycles. The molecule has 1 amide bonds. The van der Waals surface area contributed by atoms with Crippen LogP contribution in [0.25, 0.3) is 16.7 Å². The lowest BCUT2D eigenvalue weighted by Crippen LogP contribution is -2.20. The molecule has 0 aliphatic carbocycles. The van der Waals surface area contributed by atoms with E-state index in [2.05, 4.69) is 15.5 Å². The molecular weight excluding hydrogens is 388 g/mol. The van der Waals surface area contributed by atoms with Crippen molar-refractivity contribution in [1.29, 1.82) is 0 Å². The lowest BCUT2D eigenvalue weighted by Gasteiger charge is -2.09. The number of nitrogens with one attached hydrogen (secondary N) is 1. The second kappa shape index (κ2) is 7.93. The number of amides is 1. The van der Waals surface area contributed by atoms with Gasteiger partial charge >= 0.3 is 0 Å². The number of aromatic nitrogens is 3. The maximum absolute atomic E-state index is 12.3. The maximum Gasteiger partial charge on any atom is 0.262 e. The molecule has 1 heterocycles. The summed E-state index contributed by atoms with van der Waals surface area (Å²) in [6.45, 7) is 3.85. The molecule has 0 atom stereocenters. The van der Waals surface area contributed by atoms with Gasteiger partial charge in [0.05, 0.1) is 5.69 Å². The van der Waals surface area contributed by atoms with Crippen LogP contribution < -0.4 is 10.1 Å². The van der Waals surface area contributed by atoms with E-state index in [4.69, 9.17) is 16.3 Å². The molecule has 4 rings (SSSR count). The number of fused-ring (bicyclic) bond motifs is 1. The normalized spacial score (nSPS) is 10.9. The van der Waals surface area contributed by atoms with Crippen molar-refractivity contribution in [2.45, 2.75) is 13.8 Å². The highest BCUT2D eigenvalue weighted by Crippen LogP contribution is 2.22. The predicted octanol–water partition coefficient (Wildman–Crippen LogP) is 4.71. The van der Waals surface area contributed by atoms with E-state index in [0.29, 0.717) is 22.0 Å². The number of nitrogens with zero attached hydrogens (tertiary/aromatic N) is 3. The monoisotopic (exact) mass is 406 g/mol. The second-order valence-corrected chi connectivity index (χ2v) is 7.21. The van der Waals surface area contributed by atoms with E-state index in [1.54, 1.807) is 29.1 Å². The Kier molecular flexibility index (Phi) is 5.18. The molecule has 0 spiro atoms. The standard InChI is InChI=1S/C22H19ClN4O2/c1-14-3-7-17(8-4-14)27-25-20-11-15(2)19(12-21(20)26-27)24-22(28)13-29-18-9-5-16(23)6-10-18/h3-12H,13H2,1-2H3,(H,24,28). The first-order valence-corrected chi connectivity index (χ1v) is 9.49. The Hall–Kier alpha value is -3.38. The van der Waals surface area contributed by atoms with Crippen LogP contribution in [0.3, 0.4) is 0 Å². The molecule has 0 bridgehead atoms. The molecule has 0 fully saturated rings. The first kappa shape index (κ1) is 19.0. The fourth-order valence-electron chi connectivity index (χ4n) is 2.86. The smallest absolute Gasteiger partial charge is 0.262 e. The van der Waals surface area contributed by atoms with Gasteiger partial charge in [0, 0.05) is 10.7 Å². The number of ether oxygens (including phenoxy) is 1. The summed E-state index contributed by atoms with van der Waals surface area (Å²) in [5.41, 5.74) is 5.09. The molecule has 0 unspecified atom stereocenters. The third-order valence-corrected chi connectivity index (χ3v) is 4.70. The van der Waals surface area contributed by atoms with Gasteiger partial charge in [-0.3, -0.25) is 4.79 Å². The third kappa shape index (κ3) is 4.38. The van der Waals surface area contributed by atoms with Crippen molar-refractivity contribution in [3.63, 3.8) is 0 Å². The molecule has 0 saturated heterocycles. The van der Waals surface area contributed by atoms with E-state index in [0.717, 1.165) is 16.8 Å². The van der Waals surface area contributed by atoms with Gasteiger partial charge in [-0.05, 0) is 67.9 Å². The second-order valence-electron chi connectivity index (χ2n) is 6.77. The topological polar surface area (TPSA) is 69.0 Å². The molecule has 0 saturated carbocycles. The number of benzene rings is 3. The predicted molar refractivity (Wildman–Crippen MR) is 114 cm³/mol. The third-order valence-electron chi connectivity index (χ3n) is 4.45. The van der Waals surface area contributed by atoms with Crippen LogP contribution in [0, 0.1) is 13.8 Å². The van der Waals surface area contributed by atoms with E-state index in [1.165, 1.54) is 5.56 Å². The quantitative estimate of drug-likeness (QED) is 0.521. The van der Waals surface area contributed by atoms with Gasteiger partial charge in [0.15, 0.2) is 6.61 Å². The van der Waals surface area contributed by atoms with Crippen molar-refractivity contribution in [3.05, 3.63) is 76.8 Å². The fourth-order valence-corrected chi connectivity index (χ4v) is 2.99. The van der Waals surface area contributed by atoms with Crippen molar-refractivity contribution in [3.8, 4) is 11.4 Å². The first-order valence-electron chi connectivity index (χ1n) is 9.11. The van der Waals surface area contributed by atoms with Gasteiger partial charge in [0.25, 0.3) is 5.91 Å². The molecule has 4 aromatic rings. The van der Waals surface area contributed by atoms with Gasteiger partial charge in [0.2, 0.25) is 0 Å². The average Bonchev–Trinajstić information content (AvgIpc) is 3.11. The van der Waals surface area contributed by atoms with Crippen LogP contribution in [0.4, 0.5) is 5.69 Å². The van der Waals surface area contributed by atoms with Crippen LogP contribution in [0.15, 0.2) is 60.7 Å². The number of hydrogen-bond donors (Lipinski definition) is 1. The highest BCUT2D eigenvalue weighted by atomic mass is 35.5. The fraction of sp³-hybridized carbons (Fsp3) is 0.136. The molecule has 146 valence electrons. The Morgan fingerprint density at radius 3 is 2.34 bits per heavy atom. The molecule has 6 nitrogen and oxygen atoms in total. The summed E-state index contributed by atoms with van der Waals surface area (Å²) in [6, 6.07) is 18.6. The van der Waals surface area contributed by atoms with Gasteiger partial charge in [-0.2, -0.15) is 4.80 Å². The molecule has 0 radical (unpaired) electrons. The molecule has 29 heavy (non-hydrogen) atoms. The van der Waals surface area contributed by atoms with Crippen LogP contribution in [0.2, 0.25) is 5.02 Å². The summed E-state index contributed by atoms with van der Waals surface area (Å²) in [7, 11) is 0. The number of anilines is 1. The number of hydrogen-bond acceptors (Lipinski definition) is 4. The Morgan fingerprint density at radius 2 is 1.66 bits per heavy atom. The number of carbonyl (C=O) groups excluding carboxylic acids is 1. The highest BCUT2D eigenvalue weighted by molar-refractivity contribution is 6.30. The van der Waals surface area contributed by atoms with Gasteiger partial charge in [0.1, 0.15) is 16.8 Å². The van der Waals surface area contributed by atoms with Crippen LogP contribution in [-0.4, -0.2) is 27.5 Å². The maximum atomic E-state index is 12.3. The molecule has 7 heteroatoms.